The topological polar surface area (TPSA) is 72.9 Å². The Labute approximate surface area is 118 Å². The van der Waals surface area contributed by atoms with Crippen LogP contribution < -0.4 is 11.1 Å². The molecule has 2 atom stereocenters. The van der Waals surface area contributed by atoms with Gasteiger partial charge in [0.2, 0.25) is 5.91 Å². The molecule has 0 saturated heterocycles. The van der Waals surface area contributed by atoms with E-state index in [9.17, 15) is 4.79 Å². The van der Waals surface area contributed by atoms with Gasteiger partial charge in [-0.1, -0.05) is 19.1 Å². The molecule has 1 heterocycles. The van der Waals surface area contributed by atoms with Crippen LogP contribution in [0, 0.1) is 5.92 Å². The van der Waals surface area contributed by atoms with Crippen molar-refractivity contribution < 1.29 is 4.79 Å². The van der Waals surface area contributed by atoms with Crippen molar-refractivity contribution in [3.8, 4) is 0 Å². The van der Waals surface area contributed by atoms with E-state index >= 15 is 0 Å². The minimum atomic E-state index is -0.209. The molecule has 3 N–H and O–H groups in total. The molecule has 0 spiro atoms. The van der Waals surface area contributed by atoms with Gasteiger partial charge in [-0.3, -0.25) is 9.48 Å². The highest BCUT2D eigenvalue weighted by atomic mass is 16.1. The first-order valence-corrected chi connectivity index (χ1v) is 6.69. The Morgan fingerprint density at radius 2 is 2.05 bits per heavy atom. The smallest absolute Gasteiger partial charge is 0.228 e. The monoisotopic (exact) mass is 272 g/mol. The van der Waals surface area contributed by atoms with Crippen LogP contribution in [0.15, 0.2) is 42.7 Å². The van der Waals surface area contributed by atoms with Gasteiger partial charge in [0.05, 0.1) is 12.5 Å². The molecule has 0 saturated carbocycles. The summed E-state index contributed by atoms with van der Waals surface area (Å²) in [6.45, 7) is 4.38. The van der Waals surface area contributed by atoms with Crippen LogP contribution in [-0.2, 0) is 11.3 Å². The fourth-order valence-electron chi connectivity index (χ4n) is 1.77. The second-order valence-corrected chi connectivity index (χ2v) is 5.04. The van der Waals surface area contributed by atoms with E-state index in [1.807, 2.05) is 55.1 Å². The van der Waals surface area contributed by atoms with E-state index in [2.05, 4.69) is 10.4 Å². The molecule has 2 rings (SSSR count). The van der Waals surface area contributed by atoms with E-state index in [0.717, 1.165) is 17.8 Å². The summed E-state index contributed by atoms with van der Waals surface area (Å²) in [6.07, 6.45) is 3.67. The lowest BCUT2D eigenvalue weighted by molar-refractivity contribution is -0.119. The molecule has 0 radical (unpaired) electrons. The third-order valence-electron chi connectivity index (χ3n) is 3.33. The van der Waals surface area contributed by atoms with Gasteiger partial charge in [0.25, 0.3) is 0 Å². The van der Waals surface area contributed by atoms with Gasteiger partial charge >= 0.3 is 0 Å². The minimum absolute atomic E-state index is 0.0557. The molecular formula is C15H20N4O. The third kappa shape index (κ3) is 3.68. The Kier molecular flexibility index (Phi) is 4.53. The highest BCUT2D eigenvalue weighted by Crippen LogP contribution is 2.12. The van der Waals surface area contributed by atoms with Gasteiger partial charge in [-0.25, -0.2) is 0 Å². The molecule has 20 heavy (non-hydrogen) atoms. The van der Waals surface area contributed by atoms with E-state index in [0.29, 0.717) is 0 Å². The second kappa shape index (κ2) is 6.34. The van der Waals surface area contributed by atoms with Gasteiger partial charge in [0, 0.05) is 24.1 Å². The van der Waals surface area contributed by atoms with E-state index in [-0.39, 0.29) is 17.9 Å². The highest BCUT2D eigenvalue weighted by Gasteiger charge is 2.16. The number of carbonyl (C=O) groups is 1. The van der Waals surface area contributed by atoms with Crippen LogP contribution in [0.1, 0.15) is 19.4 Å². The summed E-state index contributed by atoms with van der Waals surface area (Å²) in [6, 6.07) is 9.48. The summed E-state index contributed by atoms with van der Waals surface area (Å²) in [7, 11) is 0. The maximum Gasteiger partial charge on any atom is 0.228 e. The molecule has 5 nitrogen and oxygen atoms in total. The Morgan fingerprint density at radius 1 is 1.35 bits per heavy atom. The third-order valence-corrected chi connectivity index (χ3v) is 3.33. The molecule has 2 unspecified atom stereocenters. The van der Waals surface area contributed by atoms with Crippen LogP contribution in [0.25, 0.3) is 0 Å². The first-order chi connectivity index (χ1) is 9.56. The number of nitrogens with one attached hydrogen (secondary N) is 1. The molecule has 5 heteroatoms. The lowest BCUT2D eigenvalue weighted by Gasteiger charge is -2.15. The van der Waals surface area contributed by atoms with Gasteiger partial charge in [0.15, 0.2) is 0 Å². The first-order valence-electron chi connectivity index (χ1n) is 6.69. The molecule has 0 aliphatic carbocycles. The number of hydrogen-bond donors (Lipinski definition) is 2. The molecule has 0 aliphatic rings. The summed E-state index contributed by atoms with van der Waals surface area (Å²) in [5, 5.41) is 7.03. The summed E-state index contributed by atoms with van der Waals surface area (Å²) >= 11 is 0. The average molecular weight is 272 g/mol. The minimum Gasteiger partial charge on any atom is -0.327 e. The molecule has 0 aliphatic heterocycles. The van der Waals surface area contributed by atoms with Crippen molar-refractivity contribution in [3.05, 3.63) is 48.3 Å². The number of hydrogen-bond acceptors (Lipinski definition) is 3. The summed E-state index contributed by atoms with van der Waals surface area (Å²) in [4.78, 5) is 11.9. The normalized spacial score (nSPS) is 13.8. The zero-order valence-corrected chi connectivity index (χ0v) is 11.8. The number of nitrogens with zero attached hydrogens (tertiary/aromatic N) is 2. The number of rotatable bonds is 5. The fraction of sp³-hybridized carbons (Fsp3) is 0.333. The van der Waals surface area contributed by atoms with Crippen molar-refractivity contribution in [1.82, 2.24) is 9.78 Å². The number of carbonyl (C=O) groups excluding carboxylic acids is 1. The maximum atomic E-state index is 11.9. The molecule has 1 amide bonds. The summed E-state index contributed by atoms with van der Waals surface area (Å²) in [5.74, 6) is -0.265. The molecule has 0 fully saturated rings. The van der Waals surface area contributed by atoms with Gasteiger partial charge in [-0.2, -0.15) is 5.10 Å². The SMILES string of the molecule is CC(N)C(C)C(=O)Nc1ccc(Cn2cccn2)cc1. The van der Waals surface area contributed by atoms with Crippen molar-refractivity contribution in [2.24, 2.45) is 11.7 Å². The quantitative estimate of drug-likeness (QED) is 0.872. The van der Waals surface area contributed by atoms with Crippen LogP contribution in [0.3, 0.4) is 0 Å². The van der Waals surface area contributed by atoms with Crippen molar-refractivity contribution in [2.75, 3.05) is 5.32 Å². The van der Waals surface area contributed by atoms with E-state index in [1.165, 1.54) is 0 Å². The number of nitrogens with two attached hydrogens (primary N) is 1. The van der Waals surface area contributed by atoms with Gasteiger partial charge in [-0.15, -0.1) is 0 Å². The van der Waals surface area contributed by atoms with Gasteiger partial charge in [-0.05, 0) is 30.7 Å². The van der Waals surface area contributed by atoms with Crippen molar-refractivity contribution in [2.45, 2.75) is 26.4 Å². The number of aromatic nitrogens is 2. The Bertz CT molecular complexity index is 546. The number of amides is 1. The highest BCUT2D eigenvalue weighted by molar-refractivity contribution is 5.92. The second-order valence-electron chi connectivity index (χ2n) is 5.04. The lowest BCUT2D eigenvalue weighted by Crippen LogP contribution is -2.34. The summed E-state index contributed by atoms with van der Waals surface area (Å²) < 4.78 is 1.85. The maximum absolute atomic E-state index is 11.9. The van der Waals surface area contributed by atoms with E-state index in [4.69, 9.17) is 5.73 Å². The van der Waals surface area contributed by atoms with Crippen LogP contribution >= 0.6 is 0 Å². The van der Waals surface area contributed by atoms with Crippen LogP contribution in [-0.4, -0.2) is 21.7 Å². The first kappa shape index (κ1) is 14.3. The predicted octanol–water partition coefficient (Wildman–Crippen LogP) is 1.85. The lowest BCUT2D eigenvalue weighted by atomic mass is 10.0. The van der Waals surface area contributed by atoms with Crippen molar-refractivity contribution in [1.29, 1.82) is 0 Å². The fourth-order valence-corrected chi connectivity index (χ4v) is 1.77. The Hall–Kier alpha value is -2.14. The summed E-state index contributed by atoms with van der Waals surface area (Å²) in [5.41, 5.74) is 7.64. The standard InChI is InChI=1S/C15H20N4O/c1-11(12(2)16)15(20)18-14-6-4-13(5-7-14)10-19-9-3-8-17-19/h3-9,11-12H,10,16H2,1-2H3,(H,18,20). The van der Waals surface area contributed by atoms with Gasteiger partial charge < -0.3 is 11.1 Å². The zero-order chi connectivity index (χ0) is 14.5. The van der Waals surface area contributed by atoms with Crippen molar-refractivity contribution in [3.63, 3.8) is 0 Å². The Balaban J connectivity index is 1.96. The number of benzene rings is 1. The predicted molar refractivity (Wildman–Crippen MR) is 79.2 cm³/mol. The van der Waals surface area contributed by atoms with Crippen LogP contribution in [0.2, 0.25) is 0 Å². The largest absolute Gasteiger partial charge is 0.327 e. The van der Waals surface area contributed by atoms with Gasteiger partial charge in [0.1, 0.15) is 0 Å². The zero-order valence-electron chi connectivity index (χ0n) is 11.8. The van der Waals surface area contributed by atoms with E-state index in [1.54, 1.807) is 6.20 Å². The molecule has 1 aromatic carbocycles. The van der Waals surface area contributed by atoms with Crippen LogP contribution in [0.4, 0.5) is 5.69 Å². The average Bonchev–Trinajstić information content (AvgIpc) is 2.92. The Morgan fingerprint density at radius 3 is 2.60 bits per heavy atom. The molecule has 106 valence electrons. The molecule has 2 aromatic rings. The molecule has 0 bridgehead atoms. The number of anilines is 1. The van der Waals surface area contributed by atoms with Crippen molar-refractivity contribution >= 4 is 11.6 Å². The van der Waals surface area contributed by atoms with Crippen LogP contribution in [0.5, 0.6) is 0 Å². The molecule has 1 aromatic heterocycles. The van der Waals surface area contributed by atoms with E-state index < -0.39 is 0 Å². The molecular weight excluding hydrogens is 252 g/mol.